The van der Waals surface area contributed by atoms with E-state index in [1.807, 2.05) is 13.8 Å². The second-order valence-corrected chi connectivity index (χ2v) is 2.78. The summed E-state index contributed by atoms with van der Waals surface area (Å²) in [7, 11) is 0. The van der Waals surface area contributed by atoms with E-state index in [9.17, 15) is 0 Å². The molecular weight excluding hydrogens is 152 g/mol. The Morgan fingerprint density at radius 2 is 2.17 bits per heavy atom. The first-order chi connectivity index (χ1) is 5.63. The van der Waals surface area contributed by atoms with Crippen LogP contribution in [-0.2, 0) is 6.42 Å². The highest BCUT2D eigenvalue weighted by Crippen LogP contribution is 2.08. The summed E-state index contributed by atoms with van der Waals surface area (Å²) in [6.45, 7) is 3.86. The van der Waals surface area contributed by atoms with E-state index in [0.29, 0.717) is 11.6 Å². The van der Waals surface area contributed by atoms with E-state index in [-0.39, 0.29) is 6.04 Å². The Balaban J connectivity index is 3.06. The summed E-state index contributed by atoms with van der Waals surface area (Å²) in [5.74, 6) is 1.11. The number of anilines is 1. The molecule has 1 atom stereocenters. The molecule has 1 rings (SSSR count). The normalized spacial score (nSPS) is 12.9. The highest BCUT2D eigenvalue weighted by atomic mass is 15.0. The Hall–Kier alpha value is -1.16. The van der Waals surface area contributed by atoms with E-state index in [1.165, 1.54) is 0 Å². The molecule has 0 saturated heterocycles. The third-order valence-corrected chi connectivity index (χ3v) is 1.59. The number of hydrogen-bond acceptors (Lipinski definition) is 4. The van der Waals surface area contributed by atoms with E-state index >= 15 is 0 Å². The fraction of sp³-hybridized carbons (Fsp3) is 0.500. The van der Waals surface area contributed by atoms with Crippen LogP contribution in [0.25, 0.3) is 0 Å². The predicted octanol–water partition coefficient (Wildman–Crippen LogP) is 0.641. The zero-order valence-corrected chi connectivity index (χ0v) is 7.41. The average molecular weight is 166 g/mol. The molecule has 0 saturated carbocycles. The minimum absolute atomic E-state index is 0.154. The molecule has 0 aromatic carbocycles. The van der Waals surface area contributed by atoms with Gasteiger partial charge in [0.2, 0.25) is 0 Å². The topological polar surface area (TPSA) is 77.8 Å². The minimum atomic E-state index is -0.154. The van der Waals surface area contributed by atoms with Crippen LogP contribution in [-0.4, -0.2) is 9.97 Å². The highest BCUT2D eigenvalue weighted by molar-refractivity contribution is 5.30. The van der Waals surface area contributed by atoms with E-state index in [2.05, 4.69) is 9.97 Å². The van der Waals surface area contributed by atoms with Crippen molar-refractivity contribution in [2.24, 2.45) is 5.73 Å². The Kier molecular flexibility index (Phi) is 2.60. The van der Waals surface area contributed by atoms with Gasteiger partial charge in [-0.2, -0.15) is 0 Å². The molecule has 1 unspecified atom stereocenters. The minimum Gasteiger partial charge on any atom is -0.384 e. The van der Waals surface area contributed by atoms with Gasteiger partial charge in [0.25, 0.3) is 0 Å². The molecule has 4 N–H and O–H groups in total. The van der Waals surface area contributed by atoms with E-state index in [1.54, 1.807) is 6.07 Å². The number of nitrogens with zero attached hydrogens (tertiary/aromatic N) is 2. The van der Waals surface area contributed by atoms with Gasteiger partial charge in [0.1, 0.15) is 11.6 Å². The molecule has 0 fully saturated rings. The van der Waals surface area contributed by atoms with Gasteiger partial charge in [-0.3, -0.25) is 0 Å². The Morgan fingerprint density at radius 3 is 2.67 bits per heavy atom. The maximum Gasteiger partial charge on any atom is 0.147 e. The summed E-state index contributed by atoms with van der Waals surface area (Å²) in [5.41, 5.74) is 12.1. The Morgan fingerprint density at radius 1 is 1.50 bits per heavy atom. The van der Waals surface area contributed by atoms with E-state index < -0.39 is 0 Å². The SMILES string of the molecule is CCc1cc(N)nc(C(C)N)n1. The van der Waals surface area contributed by atoms with Gasteiger partial charge in [-0.25, -0.2) is 9.97 Å². The van der Waals surface area contributed by atoms with Crippen LogP contribution in [0.1, 0.15) is 31.4 Å². The second-order valence-electron chi connectivity index (χ2n) is 2.78. The maximum atomic E-state index is 5.63. The first-order valence-corrected chi connectivity index (χ1v) is 4.02. The smallest absolute Gasteiger partial charge is 0.147 e. The van der Waals surface area contributed by atoms with Crippen LogP contribution in [0.4, 0.5) is 5.82 Å². The molecule has 0 aliphatic rings. The quantitative estimate of drug-likeness (QED) is 0.675. The highest BCUT2D eigenvalue weighted by Gasteiger charge is 2.04. The van der Waals surface area contributed by atoms with Crippen LogP contribution in [0.5, 0.6) is 0 Å². The van der Waals surface area contributed by atoms with Crippen LogP contribution in [0.2, 0.25) is 0 Å². The van der Waals surface area contributed by atoms with Crippen molar-refractivity contribution < 1.29 is 0 Å². The lowest BCUT2D eigenvalue weighted by Crippen LogP contribution is -2.12. The fourth-order valence-corrected chi connectivity index (χ4v) is 0.924. The molecular formula is C8H14N4. The lowest BCUT2D eigenvalue weighted by atomic mass is 10.3. The monoisotopic (exact) mass is 166 g/mol. The molecule has 0 amide bonds. The summed E-state index contributed by atoms with van der Waals surface area (Å²) in [6, 6.07) is 1.62. The van der Waals surface area contributed by atoms with Crippen LogP contribution < -0.4 is 11.5 Å². The van der Waals surface area contributed by atoms with Gasteiger partial charge < -0.3 is 11.5 Å². The third kappa shape index (κ3) is 1.92. The zero-order chi connectivity index (χ0) is 9.14. The number of aryl methyl sites for hydroxylation is 1. The van der Waals surface area contributed by atoms with Gasteiger partial charge in [-0.15, -0.1) is 0 Å². The van der Waals surface area contributed by atoms with Crippen molar-refractivity contribution in [2.75, 3.05) is 5.73 Å². The van der Waals surface area contributed by atoms with Crippen molar-refractivity contribution in [3.05, 3.63) is 17.6 Å². The molecule has 12 heavy (non-hydrogen) atoms. The number of aromatic nitrogens is 2. The van der Waals surface area contributed by atoms with Gasteiger partial charge in [0.15, 0.2) is 0 Å². The van der Waals surface area contributed by atoms with Gasteiger partial charge in [0.05, 0.1) is 6.04 Å². The van der Waals surface area contributed by atoms with Crippen LogP contribution in [0, 0.1) is 0 Å². The first-order valence-electron chi connectivity index (χ1n) is 4.02. The predicted molar refractivity (Wildman–Crippen MR) is 48.4 cm³/mol. The fourth-order valence-electron chi connectivity index (χ4n) is 0.924. The van der Waals surface area contributed by atoms with Crippen molar-refractivity contribution in [3.63, 3.8) is 0 Å². The van der Waals surface area contributed by atoms with Crippen molar-refractivity contribution in [1.29, 1.82) is 0 Å². The first kappa shape index (κ1) is 8.93. The molecule has 0 aliphatic heterocycles. The van der Waals surface area contributed by atoms with Gasteiger partial charge >= 0.3 is 0 Å². The molecule has 0 radical (unpaired) electrons. The number of nitrogens with two attached hydrogens (primary N) is 2. The largest absolute Gasteiger partial charge is 0.384 e. The molecule has 4 nitrogen and oxygen atoms in total. The lowest BCUT2D eigenvalue weighted by Gasteiger charge is -2.06. The average Bonchev–Trinajstić information content (AvgIpc) is 2.03. The summed E-state index contributed by atoms with van der Waals surface area (Å²) < 4.78 is 0. The molecule has 0 spiro atoms. The molecule has 66 valence electrons. The van der Waals surface area contributed by atoms with E-state index in [0.717, 1.165) is 12.1 Å². The van der Waals surface area contributed by atoms with Gasteiger partial charge in [-0.1, -0.05) is 6.92 Å². The van der Waals surface area contributed by atoms with Gasteiger partial charge in [0, 0.05) is 11.8 Å². The van der Waals surface area contributed by atoms with Crippen LogP contribution in [0.15, 0.2) is 6.07 Å². The second kappa shape index (κ2) is 3.49. The molecule has 1 heterocycles. The van der Waals surface area contributed by atoms with Crippen molar-refractivity contribution in [3.8, 4) is 0 Å². The maximum absolute atomic E-state index is 5.63. The molecule has 4 heteroatoms. The van der Waals surface area contributed by atoms with Crippen LogP contribution >= 0.6 is 0 Å². The molecule has 1 aromatic rings. The number of rotatable bonds is 2. The Bertz CT molecular complexity index is 270. The van der Waals surface area contributed by atoms with Crippen molar-refractivity contribution >= 4 is 5.82 Å². The van der Waals surface area contributed by atoms with Crippen LogP contribution in [0.3, 0.4) is 0 Å². The third-order valence-electron chi connectivity index (χ3n) is 1.59. The number of nitrogen functional groups attached to an aromatic ring is 1. The molecule has 0 aliphatic carbocycles. The van der Waals surface area contributed by atoms with Gasteiger partial charge in [-0.05, 0) is 13.3 Å². The summed E-state index contributed by atoms with van der Waals surface area (Å²) in [6.07, 6.45) is 0.854. The molecule has 0 bridgehead atoms. The van der Waals surface area contributed by atoms with E-state index in [4.69, 9.17) is 11.5 Å². The number of hydrogen-bond donors (Lipinski definition) is 2. The Labute approximate surface area is 72.0 Å². The zero-order valence-electron chi connectivity index (χ0n) is 7.41. The summed E-state index contributed by atoms with van der Waals surface area (Å²) in [4.78, 5) is 8.26. The summed E-state index contributed by atoms with van der Waals surface area (Å²) in [5, 5.41) is 0. The lowest BCUT2D eigenvalue weighted by molar-refractivity contribution is 0.730. The standard InChI is InChI=1S/C8H14N4/c1-3-6-4-7(10)12-8(11-6)5(2)9/h4-5H,3,9H2,1-2H3,(H2,10,11,12). The molecule has 1 aromatic heterocycles. The van der Waals surface area contributed by atoms with Crippen molar-refractivity contribution in [1.82, 2.24) is 9.97 Å². The summed E-state index contributed by atoms with van der Waals surface area (Å²) >= 11 is 0. The van der Waals surface area contributed by atoms with Crippen molar-refractivity contribution in [2.45, 2.75) is 26.3 Å².